The van der Waals surface area contributed by atoms with Crippen molar-refractivity contribution in [1.82, 2.24) is 0 Å². The number of hydrogen-bond acceptors (Lipinski definition) is 3. The van der Waals surface area contributed by atoms with Gasteiger partial charge in [0.1, 0.15) is 22.8 Å². The van der Waals surface area contributed by atoms with Crippen LogP contribution in [-0.2, 0) is 0 Å². The van der Waals surface area contributed by atoms with Gasteiger partial charge in [0.15, 0.2) is 0 Å². The first kappa shape index (κ1) is 8.94. The van der Waals surface area contributed by atoms with Crippen molar-refractivity contribution in [3.63, 3.8) is 0 Å². The number of hydrogen-bond donors (Lipinski definition) is 2. The van der Waals surface area contributed by atoms with Crippen LogP contribution in [0.4, 0.5) is 0 Å². The molecule has 1 aromatic carbocycles. The second-order valence-electron chi connectivity index (χ2n) is 3.68. The van der Waals surface area contributed by atoms with Gasteiger partial charge in [0, 0.05) is 18.1 Å². The minimum Gasteiger partial charge on any atom is -0.508 e. The van der Waals surface area contributed by atoms with Crippen LogP contribution in [0.3, 0.4) is 0 Å². The molecule has 0 amide bonds. The van der Waals surface area contributed by atoms with E-state index in [-0.39, 0.29) is 17.4 Å². The van der Waals surface area contributed by atoms with Gasteiger partial charge in [-0.15, -0.1) is 0 Å². The van der Waals surface area contributed by atoms with Crippen molar-refractivity contribution in [2.75, 3.05) is 0 Å². The maximum Gasteiger partial charge on any atom is 0.141 e. The van der Waals surface area contributed by atoms with Gasteiger partial charge in [-0.2, -0.15) is 0 Å². The molecule has 0 aliphatic rings. The van der Waals surface area contributed by atoms with Crippen LogP contribution in [0.5, 0.6) is 11.5 Å². The molecule has 1 heterocycles. The van der Waals surface area contributed by atoms with Crippen molar-refractivity contribution < 1.29 is 14.6 Å². The molecule has 0 saturated heterocycles. The Hall–Kier alpha value is -1.64. The van der Waals surface area contributed by atoms with Crippen molar-refractivity contribution in [3.8, 4) is 11.5 Å². The Morgan fingerprint density at radius 3 is 2.50 bits per heavy atom. The first-order valence-corrected chi connectivity index (χ1v) is 4.53. The van der Waals surface area contributed by atoms with E-state index in [2.05, 4.69) is 0 Å². The lowest BCUT2D eigenvalue weighted by Gasteiger charge is -1.96. The third-order valence-electron chi connectivity index (χ3n) is 2.19. The van der Waals surface area contributed by atoms with Crippen LogP contribution in [0.15, 0.2) is 22.6 Å². The average Bonchev–Trinajstić information content (AvgIpc) is 2.47. The summed E-state index contributed by atoms with van der Waals surface area (Å²) in [6.07, 6.45) is 0. The normalized spacial score (nSPS) is 11.4. The van der Waals surface area contributed by atoms with E-state index >= 15 is 0 Å². The smallest absolute Gasteiger partial charge is 0.141 e. The van der Waals surface area contributed by atoms with E-state index in [1.165, 1.54) is 12.1 Å². The minimum atomic E-state index is 0.0136. The molecule has 0 atom stereocenters. The molecule has 0 aliphatic carbocycles. The molecule has 2 rings (SSSR count). The molecule has 3 heteroatoms. The summed E-state index contributed by atoms with van der Waals surface area (Å²) in [5.41, 5.74) is 0.520. The Balaban J connectivity index is 2.70. The summed E-state index contributed by atoms with van der Waals surface area (Å²) in [6.45, 7) is 4.02. The Morgan fingerprint density at radius 2 is 1.86 bits per heavy atom. The Kier molecular flexibility index (Phi) is 1.88. The highest BCUT2D eigenvalue weighted by atomic mass is 16.3. The lowest BCUT2D eigenvalue weighted by atomic mass is 10.1. The van der Waals surface area contributed by atoms with Gasteiger partial charge in [-0.05, 0) is 6.07 Å². The van der Waals surface area contributed by atoms with Gasteiger partial charge in [-0.1, -0.05) is 13.8 Å². The molecule has 2 aromatic rings. The average molecular weight is 192 g/mol. The summed E-state index contributed by atoms with van der Waals surface area (Å²) in [6, 6.07) is 4.61. The van der Waals surface area contributed by atoms with E-state index in [0.717, 1.165) is 5.76 Å². The number of benzene rings is 1. The summed E-state index contributed by atoms with van der Waals surface area (Å²) in [4.78, 5) is 0. The predicted molar refractivity (Wildman–Crippen MR) is 53.6 cm³/mol. The molecule has 74 valence electrons. The first-order chi connectivity index (χ1) is 6.58. The molecule has 1 aromatic heterocycles. The fourth-order valence-electron chi connectivity index (χ4n) is 1.41. The number of aromatic hydroxyl groups is 2. The van der Waals surface area contributed by atoms with E-state index in [0.29, 0.717) is 11.0 Å². The zero-order chi connectivity index (χ0) is 10.3. The summed E-state index contributed by atoms with van der Waals surface area (Å²) < 4.78 is 5.47. The van der Waals surface area contributed by atoms with Gasteiger partial charge >= 0.3 is 0 Å². The number of rotatable bonds is 1. The van der Waals surface area contributed by atoms with E-state index in [9.17, 15) is 10.2 Å². The van der Waals surface area contributed by atoms with Crippen LogP contribution in [0, 0.1) is 0 Å². The highest BCUT2D eigenvalue weighted by molar-refractivity contribution is 5.85. The van der Waals surface area contributed by atoms with Crippen LogP contribution < -0.4 is 0 Å². The van der Waals surface area contributed by atoms with E-state index in [1.807, 2.05) is 13.8 Å². The third-order valence-corrected chi connectivity index (χ3v) is 2.19. The van der Waals surface area contributed by atoms with Gasteiger partial charge in [0.25, 0.3) is 0 Å². The van der Waals surface area contributed by atoms with Crippen LogP contribution in [0.1, 0.15) is 25.5 Å². The zero-order valence-corrected chi connectivity index (χ0v) is 8.11. The molecule has 0 spiro atoms. The molecular formula is C11H12O3. The predicted octanol–water partition coefficient (Wildman–Crippen LogP) is 2.97. The van der Waals surface area contributed by atoms with Gasteiger partial charge < -0.3 is 14.6 Å². The maximum atomic E-state index is 9.53. The molecule has 0 fully saturated rings. The van der Waals surface area contributed by atoms with Crippen molar-refractivity contribution in [2.24, 2.45) is 0 Å². The van der Waals surface area contributed by atoms with Crippen LogP contribution in [-0.4, -0.2) is 10.2 Å². The van der Waals surface area contributed by atoms with Crippen molar-refractivity contribution in [2.45, 2.75) is 19.8 Å². The van der Waals surface area contributed by atoms with E-state index in [1.54, 1.807) is 6.07 Å². The Labute approximate surface area is 81.6 Å². The third kappa shape index (κ3) is 1.31. The maximum absolute atomic E-state index is 9.53. The van der Waals surface area contributed by atoms with E-state index < -0.39 is 0 Å². The highest BCUT2D eigenvalue weighted by Crippen LogP contribution is 2.34. The first-order valence-electron chi connectivity index (χ1n) is 4.53. The molecule has 0 bridgehead atoms. The molecule has 0 unspecified atom stereocenters. The standard InChI is InChI=1S/C11H12O3/c1-6(2)10-5-8-9(13)3-7(12)4-11(8)14-10/h3-6,12-13H,1-2H3. The van der Waals surface area contributed by atoms with Gasteiger partial charge in [0.05, 0.1) is 5.39 Å². The molecule has 0 radical (unpaired) electrons. The molecule has 0 aliphatic heterocycles. The van der Waals surface area contributed by atoms with Gasteiger partial charge in [0.2, 0.25) is 0 Å². The summed E-state index contributed by atoms with van der Waals surface area (Å²) in [5.74, 6) is 1.14. The fraction of sp³-hybridized carbons (Fsp3) is 0.273. The van der Waals surface area contributed by atoms with Crippen molar-refractivity contribution in [1.29, 1.82) is 0 Å². The summed E-state index contributed by atoms with van der Waals surface area (Å²) >= 11 is 0. The molecule has 0 saturated carbocycles. The topological polar surface area (TPSA) is 53.6 Å². The summed E-state index contributed by atoms with van der Waals surface area (Å²) in [7, 11) is 0. The van der Waals surface area contributed by atoms with E-state index in [4.69, 9.17) is 4.42 Å². The minimum absolute atomic E-state index is 0.0136. The van der Waals surface area contributed by atoms with Crippen LogP contribution in [0.25, 0.3) is 11.0 Å². The quantitative estimate of drug-likeness (QED) is 0.730. The fourth-order valence-corrected chi connectivity index (χ4v) is 1.41. The number of phenolic OH excluding ortho intramolecular Hbond substituents is 2. The number of fused-ring (bicyclic) bond motifs is 1. The van der Waals surface area contributed by atoms with Gasteiger partial charge in [-0.25, -0.2) is 0 Å². The second-order valence-corrected chi connectivity index (χ2v) is 3.68. The molecule has 2 N–H and O–H groups in total. The largest absolute Gasteiger partial charge is 0.508 e. The number of furan rings is 1. The van der Waals surface area contributed by atoms with Crippen LogP contribution >= 0.6 is 0 Å². The summed E-state index contributed by atoms with van der Waals surface area (Å²) in [5, 5.41) is 19.4. The second kappa shape index (κ2) is 2.94. The monoisotopic (exact) mass is 192 g/mol. The lowest BCUT2D eigenvalue weighted by Crippen LogP contribution is -1.79. The van der Waals surface area contributed by atoms with Crippen molar-refractivity contribution >= 4 is 11.0 Å². The van der Waals surface area contributed by atoms with Crippen molar-refractivity contribution in [3.05, 3.63) is 24.0 Å². The highest BCUT2D eigenvalue weighted by Gasteiger charge is 2.11. The lowest BCUT2D eigenvalue weighted by molar-refractivity contribution is 0.452. The van der Waals surface area contributed by atoms with Crippen LogP contribution in [0.2, 0.25) is 0 Å². The SMILES string of the molecule is CC(C)c1cc2c(O)cc(O)cc2o1. The Morgan fingerprint density at radius 1 is 1.14 bits per heavy atom. The molecule has 14 heavy (non-hydrogen) atoms. The number of phenols is 2. The molecular weight excluding hydrogens is 180 g/mol. The Bertz CT molecular complexity index is 469. The molecule has 3 nitrogen and oxygen atoms in total. The zero-order valence-electron chi connectivity index (χ0n) is 8.11. The van der Waals surface area contributed by atoms with Gasteiger partial charge in [-0.3, -0.25) is 0 Å².